The van der Waals surface area contributed by atoms with Crippen LogP contribution in [0.25, 0.3) is 0 Å². The zero-order chi connectivity index (χ0) is 13.1. The second-order valence-corrected chi connectivity index (χ2v) is 5.61. The summed E-state index contributed by atoms with van der Waals surface area (Å²) in [7, 11) is 1.82. The van der Waals surface area contributed by atoms with Gasteiger partial charge in [-0.25, -0.2) is 0 Å². The highest BCUT2D eigenvalue weighted by Gasteiger charge is 2.25. The fourth-order valence-corrected chi connectivity index (χ4v) is 2.54. The number of hydrogen-bond acceptors (Lipinski definition) is 2. The third-order valence-corrected chi connectivity index (χ3v) is 4.00. The van der Waals surface area contributed by atoms with Crippen LogP contribution in [0.5, 0.6) is 0 Å². The molecule has 0 unspecified atom stereocenters. The average molecular weight is 310 g/mol. The summed E-state index contributed by atoms with van der Waals surface area (Å²) in [5.41, 5.74) is 0.692. The van der Waals surface area contributed by atoms with Crippen LogP contribution < -0.4 is 0 Å². The normalized spacial score (nSPS) is 16.7. The number of ketones is 1. The quantitative estimate of drug-likeness (QED) is 0.842. The van der Waals surface area contributed by atoms with Gasteiger partial charge < -0.3 is 4.90 Å². The van der Waals surface area contributed by atoms with Gasteiger partial charge in [-0.05, 0) is 37.1 Å². The lowest BCUT2D eigenvalue weighted by atomic mass is 9.93. The minimum atomic E-state index is 0.0295. The Balaban J connectivity index is 2.04. The first-order valence-corrected chi connectivity index (χ1v) is 6.91. The van der Waals surface area contributed by atoms with Gasteiger partial charge in [-0.3, -0.25) is 9.59 Å². The third-order valence-electron chi connectivity index (χ3n) is 3.47. The van der Waals surface area contributed by atoms with Crippen LogP contribution in [0.4, 0.5) is 0 Å². The maximum atomic E-state index is 12.3. The lowest BCUT2D eigenvalue weighted by Crippen LogP contribution is -2.39. The predicted octanol–water partition coefficient (Wildman–Crippen LogP) is 3.03. The van der Waals surface area contributed by atoms with Gasteiger partial charge in [0.05, 0.1) is 0 Å². The van der Waals surface area contributed by atoms with Gasteiger partial charge in [0.25, 0.3) is 5.91 Å². The predicted molar refractivity (Wildman–Crippen MR) is 73.5 cm³/mol. The van der Waals surface area contributed by atoms with Crippen LogP contribution in [0.2, 0.25) is 0 Å². The van der Waals surface area contributed by atoms with Gasteiger partial charge in [0, 0.05) is 36.0 Å². The molecule has 18 heavy (non-hydrogen) atoms. The van der Waals surface area contributed by atoms with Gasteiger partial charge in [0.1, 0.15) is 5.78 Å². The second-order valence-electron chi connectivity index (χ2n) is 4.69. The number of hydrogen-bond donors (Lipinski definition) is 0. The van der Waals surface area contributed by atoms with E-state index in [1.165, 1.54) is 0 Å². The van der Waals surface area contributed by atoms with Gasteiger partial charge in [-0.1, -0.05) is 15.9 Å². The van der Waals surface area contributed by atoms with Gasteiger partial charge >= 0.3 is 0 Å². The van der Waals surface area contributed by atoms with Crippen molar-refractivity contribution < 1.29 is 9.59 Å². The fourth-order valence-electron chi connectivity index (χ4n) is 2.27. The summed E-state index contributed by atoms with van der Waals surface area (Å²) in [5.74, 6) is 0.345. The number of carbonyl (C=O) groups excluding carboxylic acids is 2. The monoisotopic (exact) mass is 309 g/mol. The number of benzene rings is 1. The summed E-state index contributed by atoms with van der Waals surface area (Å²) in [5, 5.41) is 0. The molecule has 1 saturated carbocycles. The molecule has 2 rings (SSSR count). The van der Waals surface area contributed by atoms with Crippen LogP contribution in [0.3, 0.4) is 0 Å². The van der Waals surface area contributed by atoms with E-state index in [1.807, 2.05) is 31.3 Å². The molecule has 0 heterocycles. The van der Waals surface area contributed by atoms with Crippen molar-refractivity contribution in [3.63, 3.8) is 0 Å². The topological polar surface area (TPSA) is 37.4 Å². The fraction of sp³-hybridized carbons (Fsp3) is 0.429. The molecule has 4 heteroatoms. The summed E-state index contributed by atoms with van der Waals surface area (Å²) in [6, 6.07) is 7.56. The molecule has 0 bridgehead atoms. The first-order chi connectivity index (χ1) is 8.58. The van der Waals surface area contributed by atoms with Crippen molar-refractivity contribution in [1.82, 2.24) is 4.90 Å². The van der Waals surface area contributed by atoms with Crippen LogP contribution in [0.1, 0.15) is 36.0 Å². The van der Waals surface area contributed by atoms with Crippen LogP contribution in [-0.2, 0) is 4.79 Å². The second kappa shape index (κ2) is 5.65. The minimum absolute atomic E-state index is 0.0295. The Bertz CT molecular complexity index is 445. The van der Waals surface area contributed by atoms with E-state index in [0.717, 1.165) is 17.3 Å². The van der Waals surface area contributed by atoms with E-state index in [4.69, 9.17) is 0 Å². The molecule has 1 aliphatic carbocycles. The molecule has 0 radical (unpaired) electrons. The van der Waals surface area contributed by atoms with Gasteiger partial charge in [-0.15, -0.1) is 0 Å². The zero-order valence-electron chi connectivity index (χ0n) is 10.4. The third kappa shape index (κ3) is 2.99. The summed E-state index contributed by atoms with van der Waals surface area (Å²) >= 11 is 3.35. The maximum absolute atomic E-state index is 12.3. The Morgan fingerprint density at radius 1 is 1.22 bits per heavy atom. The first kappa shape index (κ1) is 13.3. The summed E-state index contributed by atoms with van der Waals surface area (Å²) in [4.78, 5) is 25.2. The average Bonchev–Trinajstić information content (AvgIpc) is 2.39. The molecule has 1 amide bonds. The van der Waals surface area contributed by atoms with Crippen LogP contribution in [0, 0.1) is 0 Å². The van der Waals surface area contributed by atoms with E-state index in [9.17, 15) is 9.59 Å². The van der Waals surface area contributed by atoms with E-state index < -0.39 is 0 Å². The maximum Gasteiger partial charge on any atom is 0.253 e. The number of halogens is 1. The van der Waals surface area contributed by atoms with Crippen molar-refractivity contribution in [2.24, 2.45) is 0 Å². The number of carbonyl (C=O) groups is 2. The molecular weight excluding hydrogens is 294 g/mol. The Hall–Kier alpha value is -1.16. The Morgan fingerprint density at radius 3 is 2.33 bits per heavy atom. The molecule has 1 aromatic rings. The van der Waals surface area contributed by atoms with Crippen LogP contribution in [-0.4, -0.2) is 29.7 Å². The molecule has 0 atom stereocenters. The Kier molecular flexibility index (Phi) is 4.17. The highest BCUT2D eigenvalue weighted by Crippen LogP contribution is 2.21. The van der Waals surface area contributed by atoms with Crippen molar-refractivity contribution in [2.45, 2.75) is 31.7 Å². The summed E-state index contributed by atoms with van der Waals surface area (Å²) in [6.45, 7) is 0. The number of Topliss-reactive ketones (excluding diaryl/α,β-unsaturated/α-hetero) is 1. The zero-order valence-corrected chi connectivity index (χ0v) is 11.9. The minimum Gasteiger partial charge on any atom is -0.339 e. The number of nitrogens with zero attached hydrogens (tertiary/aromatic N) is 1. The van der Waals surface area contributed by atoms with Gasteiger partial charge in [0.2, 0.25) is 0 Å². The van der Waals surface area contributed by atoms with Crippen LogP contribution >= 0.6 is 15.9 Å². The molecule has 0 saturated heterocycles. The lowest BCUT2D eigenvalue weighted by Gasteiger charge is -2.30. The van der Waals surface area contributed by atoms with Crippen molar-refractivity contribution in [3.05, 3.63) is 34.3 Å². The molecule has 1 aromatic carbocycles. The molecule has 0 N–H and O–H groups in total. The molecule has 1 fully saturated rings. The molecule has 1 aliphatic rings. The highest BCUT2D eigenvalue weighted by atomic mass is 79.9. The van der Waals surface area contributed by atoms with Gasteiger partial charge in [-0.2, -0.15) is 0 Å². The van der Waals surface area contributed by atoms with Crippen molar-refractivity contribution in [2.75, 3.05) is 7.05 Å². The molecule has 3 nitrogen and oxygen atoms in total. The molecular formula is C14H16BrNO2. The van der Waals surface area contributed by atoms with Crippen molar-refractivity contribution in [1.29, 1.82) is 0 Å². The Morgan fingerprint density at radius 2 is 1.78 bits per heavy atom. The highest BCUT2D eigenvalue weighted by molar-refractivity contribution is 9.10. The van der Waals surface area contributed by atoms with Crippen LogP contribution in [0.15, 0.2) is 28.7 Å². The van der Waals surface area contributed by atoms with Gasteiger partial charge in [0.15, 0.2) is 0 Å². The molecule has 0 aliphatic heterocycles. The largest absolute Gasteiger partial charge is 0.339 e. The number of rotatable bonds is 2. The van der Waals surface area contributed by atoms with Crippen molar-refractivity contribution >= 4 is 27.6 Å². The smallest absolute Gasteiger partial charge is 0.253 e. The lowest BCUT2D eigenvalue weighted by molar-refractivity contribution is -0.121. The molecule has 0 aromatic heterocycles. The SMILES string of the molecule is CN(C(=O)c1ccc(Br)cc1)C1CCC(=O)CC1. The van der Waals surface area contributed by atoms with E-state index in [0.29, 0.717) is 24.2 Å². The Labute approximate surface area is 115 Å². The van der Waals surface area contributed by atoms with E-state index in [-0.39, 0.29) is 11.9 Å². The molecule has 96 valence electrons. The number of amides is 1. The first-order valence-electron chi connectivity index (χ1n) is 6.12. The van der Waals surface area contributed by atoms with E-state index in [2.05, 4.69) is 15.9 Å². The van der Waals surface area contributed by atoms with E-state index >= 15 is 0 Å². The van der Waals surface area contributed by atoms with Crippen molar-refractivity contribution in [3.8, 4) is 0 Å². The van der Waals surface area contributed by atoms with E-state index in [1.54, 1.807) is 4.90 Å². The summed E-state index contributed by atoms with van der Waals surface area (Å²) in [6.07, 6.45) is 2.78. The summed E-state index contributed by atoms with van der Waals surface area (Å²) < 4.78 is 0.963. The molecule has 0 spiro atoms. The standard InChI is InChI=1S/C14H16BrNO2/c1-16(12-6-8-13(17)9-7-12)14(18)10-2-4-11(15)5-3-10/h2-5,12H,6-9H2,1H3.